The molecule has 0 radical (unpaired) electrons. The van der Waals surface area contributed by atoms with Gasteiger partial charge in [-0.2, -0.15) is 9.97 Å². The Morgan fingerprint density at radius 2 is 2.03 bits per heavy atom. The minimum Gasteiger partial charge on any atom is -0.461 e. The third-order valence-corrected chi connectivity index (χ3v) is 8.35. The number of methoxy groups -OCH3 is 1. The largest absolute Gasteiger partial charge is 0.461 e. The molecule has 0 aromatic carbocycles. The molecule has 0 N–H and O–H groups in total. The van der Waals surface area contributed by atoms with E-state index in [0.717, 1.165) is 45.4 Å². The first-order valence-electron chi connectivity index (χ1n) is 11.7. The Bertz CT molecular complexity index is 1030. The van der Waals surface area contributed by atoms with Crippen LogP contribution in [0.15, 0.2) is 6.20 Å². The fourth-order valence-electron chi connectivity index (χ4n) is 6.51. The summed E-state index contributed by atoms with van der Waals surface area (Å²) in [4.78, 5) is 18.0. The number of pyridine rings is 1. The van der Waals surface area contributed by atoms with E-state index in [0.29, 0.717) is 29.6 Å². The van der Waals surface area contributed by atoms with Crippen LogP contribution in [0.4, 0.5) is 10.2 Å². The standard InChI is InChI=1S/C23H29ClFN5O2/c1-31-16-8-23(5-2-6-30(23)12-16)13-32-22-27-19-17(9-26-20(24)18(19)25)21(28-22)29-10-14-3-4-15(7-14)11-29/h9,14-16H,2-8,10-13H2,1H3. The van der Waals surface area contributed by atoms with Gasteiger partial charge < -0.3 is 14.4 Å². The van der Waals surface area contributed by atoms with Gasteiger partial charge in [0.05, 0.1) is 17.0 Å². The average Bonchev–Trinajstić information content (AvgIpc) is 3.46. The Labute approximate surface area is 192 Å². The minimum atomic E-state index is -0.612. The van der Waals surface area contributed by atoms with E-state index in [4.69, 9.17) is 26.1 Å². The third kappa shape index (κ3) is 3.42. The lowest BCUT2D eigenvalue weighted by molar-refractivity contribution is 0.0997. The van der Waals surface area contributed by atoms with Gasteiger partial charge in [0.2, 0.25) is 0 Å². The molecular formula is C23H29ClFN5O2. The number of anilines is 1. The molecule has 172 valence electrons. The minimum absolute atomic E-state index is 0.0577. The molecule has 4 atom stereocenters. The Balaban J connectivity index is 1.34. The predicted octanol–water partition coefficient (Wildman–Crippen LogP) is 3.69. The predicted molar refractivity (Wildman–Crippen MR) is 120 cm³/mol. The van der Waals surface area contributed by atoms with E-state index in [1.807, 2.05) is 0 Å². The molecule has 2 bridgehead atoms. The van der Waals surface area contributed by atoms with Gasteiger partial charge in [-0.3, -0.25) is 4.90 Å². The van der Waals surface area contributed by atoms with E-state index in [2.05, 4.69) is 19.8 Å². The molecule has 2 aromatic heterocycles. The van der Waals surface area contributed by atoms with E-state index in [9.17, 15) is 4.39 Å². The summed E-state index contributed by atoms with van der Waals surface area (Å²) >= 11 is 6.00. The molecule has 1 saturated carbocycles. The number of halogens is 2. The maximum absolute atomic E-state index is 15.0. The molecule has 0 amide bonds. The van der Waals surface area contributed by atoms with Crippen LogP contribution in [0.3, 0.4) is 0 Å². The van der Waals surface area contributed by atoms with Crippen molar-refractivity contribution in [2.24, 2.45) is 11.8 Å². The van der Waals surface area contributed by atoms with Crippen molar-refractivity contribution in [1.29, 1.82) is 0 Å². The molecular weight excluding hydrogens is 433 g/mol. The SMILES string of the molecule is COC1CN2CCCC2(COc2nc(N3CC4CCC(C4)C3)c3cnc(Cl)c(F)c3n2)C1. The van der Waals surface area contributed by atoms with Crippen molar-refractivity contribution in [2.75, 3.05) is 44.8 Å². The zero-order valence-electron chi connectivity index (χ0n) is 18.4. The molecule has 6 rings (SSSR count). The number of fused-ring (bicyclic) bond motifs is 4. The first kappa shape index (κ1) is 20.8. The Kier molecular flexibility index (Phi) is 5.15. The van der Waals surface area contributed by atoms with Gasteiger partial charge in [0.15, 0.2) is 11.0 Å². The molecule has 4 unspecified atom stereocenters. The first-order valence-corrected chi connectivity index (χ1v) is 12.1. The number of ether oxygens (including phenoxy) is 2. The van der Waals surface area contributed by atoms with Crippen molar-refractivity contribution in [1.82, 2.24) is 19.9 Å². The maximum Gasteiger partial charge on any atom is 0.319 e. The van der Waals surface area contributed by atoms with Gasteiger partial charge in [-0.25, -0.2) is 9.37 Å². The first-order chi connectivity index (χ1) is 15.5. The second kappa shape index (κ2) is 7.92. The van der Waals surface area contributed by atoms with Gasteiger partial charge >= 0.3 is 6.01 Å². The van der Waals surface area contributed by atoms with Crippen molar-refractivity contribution < 1.29 is 13.9 Å². The smallest absolute Gasteiger partial charge is 0.319 e. The van der Waals surface area contributed by atoms with Crippen LogP contribution in [0.2, 0.25) is 5.15 Å². The highest BCUT2D eigenvalue weighted by Gasteiger charge is 2.49. The summed E-state index contributed by atoms with van der Waals surface area (Å²) in [6.07, 6.45) is 8.75. The fraction of sp³-hybridized carbons (Fsp3) is 0.696. The van der Waals surface area contributed by atoms with E-state index < -0.39 is 5.82 Å². The van der Waals surface area contributed by atoms with Crippen molar-refractivity contribution in [3.05, 3.63) is 17.2 Å². The summed E-state index contributed by atoms with van der Waals surface area (Å²) in [5.74, 6) is 1.44. The molecule has 3 aliphatic heterocycles. The van der Waals surface area contributed by atoms with Gasteiger partial charge in [0, 0.05) is 32.9 Å². The van der Waals surface area contributed by atoms with Gasteiger partial charge in [0.25, 0.3) is 0 Å². The zero-order chi connectivity index (χ0) is 21.9. The number of nitrogens with zero attached hydrogens (tertiary/aromatic N) is 5. The number of aromatic nitrogens is 3. The molecule has 4 fully saturated rings. The highest BCUT2D eigenvalue weighted by Crippen LogP contribution is 2.42. The van der Waals surface area contributed by atoms with Crippen molar-refractivity contribution in [3.63, 3.8) is 0 Å². The van der Waals surface area contributed by atoms with Gasteiger partial charge in [-0.05, 0) is 56.9 Å². The lowest BCUT2D eigenvalue weighted by Crippen LogP contribution is -2.43. The highest BCUT2D eigenvalue weighted by atomic mass is 35.5. The molecule has 3 saturated heterocycles. The molecule has 1 aliphatic carbocycles. The summed E-state index contributed by atoms with van der Waals surface area (Å²) in [5.41, 5.74) is 0.127. The van der Waals surface area contributed by atoms with E-state index in [1.54, 1.807) is 13.3 Å². The second-order valence-electron chi connectivity index (χ2n) is 10.0. The Morgan fingerprint density at radius 3 is 2.81 bits per heavy atom. The third-order valence-electron chi connectivity index (χ3n) is 8.08. The second-order valence-corrected chi connectivity index (χ2v) is 10.4. The fourth-order valence-corrected chi connectivity index (χ4v) is 6.65. The van der Waals surface area contributed by atoms with Gasteiger partial charge in [0.1, 0.15) is 17.9 Å². The topological polar surface area (TPSA) is 63.6 Å². The Hall–Kier alpha value is -1.77. The van der Waals surface area contributed by atoms with Crippen molar-refractivity contribution in [2.45, 2.75) is 50.2 Å². The number of rotatable bonds is 5. The number of hydrogen-bond donors (Lipinski definition) is 0. The maximum atomic E-state index is 15.0. The van der Waals surface area contributed by atoms with E-state index in [-0.39, 0.29) is 28.3 Å². The Morgan fingerprint density at radius 1 is 1.22 bits per heavy atom. The number of piperidine rings is 1. The van der Waals surface area contributed by atoms with Crippen LogP contribution in [0, 0.1) is 17.7 Å². The van der Waals surface area contributed by atoms with Gasteiger partial charge in [-0.1, -0.05) is 11.6 Å². The van der Waals surface area contributed by atoms with E-state index >= 15 is 0 Å². The number of hydrogen-bond acceptors (Lipinski definition) is 7. The van der Waals surface area contributed by atoms with Crippen LogP contribution in [-0.4, -0.2) is 71.4 Å². The lowest BCUT2D eigenvalue weighted by atomic mass is 9.94. The van der Waals surface area contributed by atoms with Crippen molar-refractivity contribution >= 4 is 28.3 Å². The van der Waals surface area contributed by atoms with Crippen LogP contribution in [0.1, 0.15) is 38.5 Å². The molecule has 4 aliphatic rings. The summed E-state index contributed by atoms with van der Waals surface area (Å²) in [6, 6.07) is 0.216. The highest BCUT2D eigenvalue weighted by molar-refractivity contribution is 6.30. The normalized spacial score (nSPS) is 32.1. The average molecular weight is 462 g/mol. The summed E-state index contributed by atoms with van der Waals surface area (Å²) in [5, 5.41) is 0.424. The van der Waals surface area contributed by atoms with Crippen molar-refractivity contribution in [3.8, 4) is 6.01 Å². The molecule has 9 heteroatoms. The molecule has 5 heterocycles. The van der Waals surface area contributed by atoms with E-state index in [1.165, 1.54) is 19.3 Å². The lowest BCUT2D eigenvalue weighted by Gasteiger charge is -2.34. The summed E-state index contributed by atoms with van der Waals surface area (Å²) in [7, 11) is 1.77. The molecule has 2 aromatic rings. The van der Waals surface area contributed by atoms with Crippen LogP contribution >= 0.6 is 11.6 Å². The zero-order valence-corrected chi connectivity index (χ0v) is 19.2. The quantitative estimate of drug-likeness (QED) is 0.629. The molecule has 0 spiro atoms. The monoisotopic (exact) mass is 461 g/mol. The van der Waals surface area contributed by atoms with Gasteiger partial charge in [-0.15, -0.1) is 0 Å². The summed E-state index contributed by atoms with van der Waals surface area (Å²) in [6.45, 7) is 4.32. The summed E-state index contributed by atoms with van der Waals surface area (Å²) < 4.78 is 26.8. The van der Waals surface area contributed by atoms with Crippen LogP contribution < -0.4 is 9.64 Å². The van der Waals surface area contributed by atoms with Crippen LogP contribution in [-0.2, 0) is 4.74 Å². The van der Waals surface area contributed by atoms with Crippen LogP contribution in [0.25, 0.3) is 10.9 Å². The van der Waals surface area contributed by atoms with Crippen LogP contribution in [0.5, 0.6) is 6.01 Å². The molecule has 7 nitrogen and oxygen atoms in total. The molecule has 32 heavy (non-hydrogen) atoms.